The van der Waals surface area contributed by atoms with E-state index in [-0.39, 0.29) is 5.91 Å². The van der Waals surface area contributed by atoms with Crippen molar-refractivity contribution in [3.63, 3.8) is 0 Å². The van der Waals surface area contributed by atoms with Crippen molar-refractivity contribution < 1.29 is 4.79 Å². The highest BCUT2D eigenvalue weighted by Gasteiger charge is 2.18. The number of carbonyl (C=O) groups is 1. The molecule has 3 heteroatoms. The third-order valence-corrected chi connectivity index (χ3v) is 3.11. The smallest absolute Gasteiger partial charge is 0.224 e. The normalized spacial score (nSPS) is 15.3. The molecule has 0 aromatic heterocycles. The van der Waals surface area contributed by atoms with Gasteiger partial charge in [-0.05, 0) is 30.9 Å². The molecule has 3 nitrogen and oxygen atoms in total. The molecule has 1 saturated carbocycles. The maximum atomic E-state index is 11.4. The number of amides is 1. The third kappa shape index (κ3) is 2.54. The summed E-state index contributed by atoms with van der Waals surface area (Å²) in [6, 6.07) is 8.65. The standard InChI is InChI=1S/C13H18N2O/c1-14-13(16)9-10-5-2-3-8-12(10)15-11-6-4-7-11/h2-3,5,8,11,15H,4,6-7,9H2,1H3,(H,14,16). The fraction of sp³-hybridized carbons (Fsp3) is 0.462. The van der Waals surface area contributed by atoms with Gasteiger partial charge < -0.3 is 10.6 Å². The minimum Gasteiger partial charge on any atom is -0.382 e. The molecule has 16 heavy (non-hydrogen) atoms. The summed E-state index contributed by atoms with van der Waals surface area (Å²) < 4.78 is 0. The molecule has 1 amide bonds. The lowest BCUT2D eigenvalue weighted by Gasteiger charge is -2.28. The number of hydrogen-bond acceptors (Lipinski definition) is 2. The second-order valence-corrected chi connectivity index (χ2v) is 4.28. The Morgan fingerprint density at radius 2 is 2.12 bits per heavy atom. The van der Waals surface area contributed by atoms with E-state index in [2.05, 4.69) is 16.7 Å². The Morgan fingerprint density at radius 3 is 2.75 bits per heavy atom. The van der Waals surface area contributed by atoms with E-state index in [9.17, 15) is 4.79 Å². The molecule has 0 unspecified atom stereocenters. The largest absolute Gasteiger partial charge is 0.382 e. The van der Waals surface area contributed by atoms with Crippen LogP contribution in [0.15, 0.2) is 24.3 Å². The zero-order valence-corrected chi connectivity index (χ0v) is 9.62. The van der Waals surface area contributed by atoms with Gasteiger partial charge in [0.1, 0.15) is 0 Å². The van der Waals surface area contributed by atoms with Crippen molar-refractivity contribution in [3.05, 3.63) is 29.8 Å². The molecule has 0 spiro atoms. The Bertz CT molecular complexity index is 372. The van der Waals surface area contributed by atoms with Crippen LogP contribution in [0.4, 0.5) is 5.69 Å². The van der Waals surface area contributed by atoms with Crippen molar-refractivity contribution in [3.8, 4) is 0 Å². The van der Waals surface area contributed by atoms with Crippen LogP contribution in [0.5, 0.6) is 0 Å². The first-order chi connectivity index (χ1) is 7.79. The van der Waals surface area contributed by atoms with Gasteiger partial charge in [-0.1, -0.05) is 18.2 Å². The molecule has 1 aromatic carbocycles. The molecule has 0 atom stereocenters. The summed E-state index contributed by atoms with van der Waals surface area (Å²) in [4.78, 5) is 11.4. The monoisotopic (exact) mass is 218 g/mol. The molecule has 0 heterocycles. The van der Waals surface area contributed by atoms with E-state index in [0.29, 0.717) is 12.5 Å². The van der Waals surface area contributed by atoms with Crippen molar-refractivity contribution in [2.75, 3.05) is 12.4 Å². The van der Waals surface area contributed by atoms with Crippen molar-refractivity contribution in [1.29, 1.82) is 0 Å². The van der Waals surface area contributed by atoms with Crippen LogP contribution in [0.3, 0.4) is 0 Å². The fourth-order valence-corrected chi connectivity index (χ4v) is 1.85. The number of nitrogens with one attached hydrogen (secondary N) is 2. The number of para-hydroxylation sites is 1. The molecule has 86 valence electrons. The molecule has 2 rings (SSSR count). The van der Waals surface area contributed by atoms with Gasteiger partial charge in [-0.3, -0.25) is 4.79 Å². The first-order valence-electron chi connectivity index (χ1n) is 5.84. The molecular weight excluding hydrogens is 200 g/mol. The minimum atomic E-state index is 0.0582. The average Bonchev–Trinajstić information content (AvgIpc) is 2.25. The number of carbonyl (C=O) groups excluding carboxylic acids is 1. The highest BCUT2D eigenvalue weighted by molar-refractivity contribution is 5.80. The maximum absolute atomic E-state index is 11.4. The zero-order chi connectivity index (χ0) is 11.4. The Hall–Kier alpha value is -1.51. The number of hydrogen-bond donors (Lipinski definition) is 2. The summed E-state index contributed by atoms with van der Waals surface area (Å²) in [5, 5.41) is 6.15. The summed E-state index contributed by atoms with van der Waals surface area (Å²) >= 11 is 0. The predicted octanol–water partition coefficient (Wildman–Crippen LogP) is 1.94. The summed E-state index contributed by atoms with van der Waals surface area (Å²) in [6.07, 6.45) is 4.25. The summed E-state index contributed by atoms with van der Waals surface area (Å²) in [7, 11) is 1.67. The van der Waals surface area contributed by atoms with Crippen LogP contribution in [-0.4, -0.2) is 19.0 Å². The van der Waals surface area contributed by atoms with Crippen molar-refractivity contribution in [1.82, 2.24) is 5.32 Å². The Balaban J connectivity index is 2.06. The lowest BCUT2D eigenvalue weighted by molar-refractivity contribution is -0.119. The minimum absolute atomic E-state index is 0.0582. The number of rotatable bonds is 4. The molecule has 1 fully saturated rings. The van der Waals surface area contributed by atoms with Gasteiger partial charge in [0.15, 0.2) is 0 Å². The van der Waals surface area contributed by atoms with Gasteiger partial charge in [-0.15, -0.1) is 0 Å². The maximum Gasteiger partial charge on any atom is 0.224 e. The SMILES string of the molecule is CNC(=O)Cc1ccccc1NC1CCC1. The lowest BCUT2D eigenvalue weighted by atomic mass is 9.92. The number of benzene rings is 1. The molecule has 0 saturated heterocycles. The van der Waals surface area contributed by atoms with E-state index < -0.39 is 0 Å². The van der Waals surface area contributed by atoms with Crippen LogP contribution in [0.1, 0.15) is 24.8 Å². The number of likely N-dealkylation sites (N-methyl/N-ethyl adjacent to an activating group) is 1. The summed E-state index contributed by atoms with van der Waals surface area (Å²) in [6.45, 7) is 0. The molecule has 2 N–H and O–H groups in total. The van der Waals surface area contributed by atoms with Crippen LogP contribution in [0, 0.1) is 0 Å². The first-order valence-corrected chi connectivity index (χ1v) is 5.84. The molecular formula is C13H18N2O. The van der Waals surface area contributed by atoms with E-state index in [1.54, 1.807) is 7.05 Å². The number of anilines is 1. The van der Waals surface area contributed by atoms with Crippen molar-refractivity contribution in [2.24, 2.45) is 0 Å². The molecule has 1 aromatic rings. The summed E-state index contributed by atoms with van der Waals surface area (Å²) in [5.41, 5.74) is 2.18. The highest BCUT2D eigenvalue weighted by Crippen LogP contribution is 2.25. The quantitative estimate of drug-likeness (QED) is 0.811. The summed E-state index contributed by atoms with van der Waals surface area (Å²) in [5.74, 6) is 0.0582. The van der Waals surface area contributed by atoms with Gasteiger partial charge in [0.05, 0.1) is 6.42 Å². The third-order valence-electron chi connectivity index (χ3n) is 3.11. The molecule has 0 radical (unpaired) electrons. The van der Waals surface area contributed by atoms with Gasteiger partial charge in [-0.2, -0.15) is 0 Å². The zero-order valence-electron chi connectivity index (χ0n) is 9.62. The van der Waals surface area contributed by atoms with Gasteiger partial charge >= 0.3 is 0 Å². The van der Waals surface area contributed by atoms with Crippen LogP contribution >= 0.6 is 0 Å². The second kappa shape index (κ2) is 5.01. The molecule has 1 aliphatic rings. The van der Waals surface area contributed by atoms with Gasteiger partial charge in [-0.25, -0.2) is 0 Å². The lowest BCUT2D eigenvalue weighted by Crippen LogP contribution is -2.28. The van der Waals surface area contributed by atoms with E-state index in [4.69, 9.17) is 0 Å². The van der Waals surface area contributed by atoms with Crippen molar-refractivity contribution >= 4 is 11.6 Å². The van der Waals surface area contributed by atoms with E-state index >= 15 is 0 Å². The molecule has 0 aliphatic heterocycles. The Labute approximate surface area is 96.2 Å². The van der Waals surface area contributed by atoms with Gasteiger partial charge in [0, 0.05) is 18.8 Å². The van der Waals surface area contributed by atoms with Crippen molar-refractivity contribution in [2.45, 2.75) is 31.7 Å². The topological polar surface area (TPSA) is 41.1 Å². The fourth-order valence-electron chi connectivity index (χ4n) is 1.85. The average molecular weight is 218 g/mol. The van der Waals surface area contributed by atoms with Gasteiger partial charge in [0.2, 0.25) is 5.91 Å². The Morgan fingerprint density at radius 1 is 1.38 bits per heavy atom. The molecule has 1 aliphatic carbocycles. The molecule has 0 bridgehead atoms. The van der Waals surface area contributed by atoms with Crippen LogP contribution in [0.2, 0.25) is 0 Å². The first kappa shape index (κ1) is 11.0. The highest BCUT2D eigenvalue weighted by atomic mass is 16.1. The predicted molar refractivity (Wildman–Crippen MR) is 65.5 cm³/mol. The Kier molecular flexibility index (Phi) is 3.44. The van der Waals surface area contributed by atoms with Crippen LogP contribution in [0.25, 0.3) is 0 Å². The van der Waals surface area contributed by atoms with E-state index in [1.807, 2.05) is 18.2 Å². The van der Waals surface area contributed by atoms with Gasteiger partial charge in [0.25, 0.3) is 0 Å². The van der Waals surface area contributed by atoms with E-state index in [1.165, 1.54) is 19.3 Å². The van der Waals surface area contributed by atoms with Crippen LogP contribution < -0.4 is 10.6 Å². The van der Waals surface area contributed by atoms with Crippen LogP contribution in [-0.2, 0) is 11.2 Å². The second-order valence-electron chi connectivity index (χ2n) is 4.28. The van der Waals surface area contributed by atoms with E-state index in [0.717, 1.165) is 11.3 Å².